The van der Waals surface area contributed by atoms with Crippen molar-refractivity contribution < 1.29 is 19.0 Å². The number of rotatable bonds is 12. The van der Waals surface area contributed by atoms with Crippen molar-refractivity contribution >= 4 is 5.91 Å². The number of ether oxygens (including phenoxy) is 3. The molecule has 0 aliphatic carbocycles. The Bertz CT molecular complexity index is 1090. The van der Waals surface area contributed by atoms with Crippen molar-refractivity contribution in [3.8, 4) is 23.8 Å². The van der Waals surface area contributed by atoms with Crippen LogP contribution in [0.5, 0.6) is 11.5 Å². The van der Waals surface area contributed by atoms with Gasteiger partial charge in [-0.15, -0.1) is 6.42 Å². The van der Waals surface area contributed by atoms with Gasteiger partial charge in [-0.3, -0.25) is 4.79 Å². The van der Waals surface area contributed by atoms with Gasteiger partial charge in [0.05, 0.1) is 7.11 Å². The molecule has 5 heteroatoms. The highest BCUT2D eigenvalue weighted by molar-refractivity contribution is 5.82. The first-order valence-electron chi connectivity index (χ1n) is 11.4. The molecule has 34 heavy (non-hydrogen) atoms. The molecule has 5 nitrogen and oxygen atoms in total. The van der Waals surface area contributed by atoms with Crippen LogP contribution in [0.1, 0.15) is 35.3 Å². The zero-order valence-corrected chi connectivity index (χ0v) is 19.8. The molecule has 1 N–H and O–H groups in total. The summed E-state index contributed by atoms with van der Waals surface area (Å²) >= 11 is 0. The average Bonchev–Trinajstić information content (AvgIpc) is 2.89. The normalized spacial score (nSPS) is 11.3. The fourth-order valence-corrected chi connectivity index (χ4v) is 3.53. The van der Waals surface area contributed by atoms with Gasteiger partial charge in [-0.2, -0.15) is 0 Å². The van der Waals surface area contributed by atoms with Crippen molar-refractivity contribution in [1.82, 2.24) is 5.32 Å². The zero-order valence-electron chi connectivity index (χ0n) is 19.8. The van der Waals surface area contributed by atoms with Gasteiger partial charge < -0.3 is 19.5 Å². The summed E-state index contributed by atoms with van der Waals surface area (Å²) < 4.78 is 17.1. The molecule has 1 atom stereocenters. The number of hydrogen-bond donors (Lipinski definition) is 1. The number of carbonyl (C=O) groups is 1. The zero-order chi connectivity index (χ0) is 24.2. The van der Waals surface area contributed by atoms with Crippen molar-refractivity contribution in [3.05, 3.63) is 95.1 Å². The fourth-order valence-electron chi connectivity index (χ4n) is 3.53. The van der Waals surface area contributed by atoms with Crippen LogP contribution in [0.15, 0.2) is 72.8 Å². The first-order chi connectivity index (χ1) is 16.6. The maximum absolute atomic E-state index is 12.8. The molecule has 0 spiro atoms. The lowest BCUT2D eigenvalue weighted by Gasteiger charge is -2.17. The van der Waals surface area contributed by atoms with E-state index in [1.54, 1.807) is 7.11 Å². The molecule has 176 valence electrons. The molecule has 0 aliphatic heterocycles. The number of aryl methyl sites for hydroxylation is 1. The molecule has 0 fully saturated rings. The summed E-state index contributed by atoms with van der Waals surface area (Å²) in [6.07, 6.45) is 6.17. The molecule has 0 aliphatic rings. The number of methoxy groups -OCH3 is 1. The number of carbonyl (C=O) groups excluding carboxylic acids is 1. The third-order valence-corrected chi connectivity index (χ3v) is 5.44. The molecule has 0 heterocycles. The number of terminal acetylenes is 1. The van der Waals surface area contributed by atoms with E-state index in [0.717, 1.165) is 23.1 Å². The van der Waals surface area contributed by atoms with E-state index in [1.807, 2.05) is 72.8 Å². The first-order valence-corrected chi connectivity index (χ1v) is 11.4. The second kappa shape index (κ2) is 13.1. The lowest BCUT2D eigenvalue weighted by molar-refractivity contribution is -0.132. The summed E-state index contributed by atoms with van der Waals surface area (Å²) in [6.45, 7) is 3.07. The van der Waals surface area contributed by atoms with E-state index in [1.165, 1.54) is 5.56 Å². The SMILES string of the molecule is C#CCOC(C(=O)NCCc1ccc(OCc2ccccc2)c(OC)c1)c1ccc(CC)cc1. The number of hydrogen-bond acceptors (Lipinski definition) is 4. The molecular formula is C29H31NO4. The molecule has 0 radical (unpaired) electrons. The van der Waals surface area contributed by atoms with Crippen LogP contribution < -0.4 is 14.8 Å². The topological polar surface area (TPSA) is 56.8 Å². The number of benzene rings is 3. The first kappa shape index (κ1) is 24.9. The third-order valence-electron chi connectivity index (χ3n) is 5.44. The second-order valence-corrected chi connectivity index (χ2v) is 7.79. The summed E-state index contributed by atoms with van der Waals surface area (Å²) in [7, 11) is 1.62. The minimum atomic E-state index is -0.745. The van der Waals surface area contributed by atoms with Crippen LogP contribution in [0.4, 0.5) is 0 Å². The largest absolute Gasteiger partial charge is 0.493 e. The predicted octanol–water partition coefficient (Wildman–Crippen LogP) is 4.89. The van der Waals surface area contributed by atoms with E-state index in [4.69, 9.17) is 20.6 Å². The number of nitrogens with one attached hydrogen (secondary N) is 1. The van der Waals surface area contributed by atoms with Gasteiger partial charge in [-0.25, -0.2) is 0 Å². The average molecular weight is 458 g/mol. The molecule has 3 rings (SSSR count). The fraction of sp³-hybridized carbons (Fsp3) is 0.276. The molecule has 3 aromatic carbocycles. The minimum absolute atomic E-state index is 0.0647. The van der Waals surface area contributed by atoms with E-state index >= 15 is 0 Å². The Balaban J connectivity index is 1.57. The highest BCUT2D eigenvalue weighted by Gasteiger charge is 2.21. The lowest BCUT2D eigenvalue weighted by atomic mass is 10.0. The van der Waals surface area contributed by atoms with Gasteiger partial charge >= 0.3 is 0 Å². The molecule has 0 saturated heterocycles. The Morgan fingerprint density at radius 1 is 0.971 bits per heavy atom. The summed E-state index contributed by atoms with van der Waals surface area (Å²) in [6, 6.07) is 23.6. The van der Waals surface area contributed by atoms with E-state index in [-0.39, 0.29) is 12.5 Å². The van der Waals surface area contributed by atoms with E-state index < -0.39 is 6.10 Å². The Morgan fingerprint density at radius 3 is 2.38 bits per heavy atom. The molecule has 1 unspecified atom stereocenters. The van der Waals surface area contributed by atoms with Gasteiger partial charge in [-0.1, -0.05) is 73.5 Å². The molecule has 0 saturated carbocycles. The lowest BCUT2D eigenvalue weighted by Crippen LogP contribution is -2.32. The highest BCUT2D eigenvalue weighted by atomic mass is 16.5. The van der Waals surface area contributed by atoms with Gasteiger partial charge in [0.2, 0.25) is 0 Å². The van der Waals surface area contributed by atoms with Gasteiger partial charge in [0.1, 0.15) is 13.2 Å². The molecule has 1 amide bonds. The Hall–Kier alpha value is -3.75. The van der Waals surface area contributed by atoms with Crippen molar-refractivity contribution in [1.29, 1.82) is 0 Å². The quantitative estimate of drug-likeness (QED) is 0.394. The van der Waals surface area contributed by atoms with Crippen LogP contribution in [0.3, 0.4) is 0 Å². The maximum atomic E-state index is 12.8. The summed E-state index contributed by atoms with van der Waals surface area (Å²) in [5.41, 5.74) is 4.09. The van der Waals surface area contributed by atoms with Crippen molar-refractivity contribution in [2.75, 3.05) is 20.3 Å². The van der Waals surface area contributed by atoms with Crippen LogP contribution in [0, 0.1) is 12.3 Å². The van der Waals surface area contributed by atoms with Crippen molar-refractivity contribution in [2.45, 2.75) is 32.5 Å². The van der Waals surface area contributed by atoms with Gasteiger partial charge in [0.25, 0.3) is 5.91 Å². The summed E-state index contributed by atoms with van der Waals surface area (Å²) in [4.78, 5) is 12.8. The van der Waals surface area contributed by atoms with Crippen molar-refractivity contribution in [3.63, 3.8) is 0 Å². The smallest absolute Gasteiger partial charge is 0.253 e. The molecule has 0 bridgehead atoms. The van der Waals surface area contributed by atoms with Gasteiger partial charge in [0, 0.05) is 6.54 Å². The van der Waals surface area contributed by atoms with Gasteiger partial charge in [-0.05, 0) is 47.2 Å². The second-order valence-electron chi connectivity index (χ2n) is 7.79. The minimum Gasteiger partial charge on any atom is -0.493 e. The van der Waals surface area contributed by atoms with Crippen LogP contribution in [-0.4, -0.2) is 26.2 Å². The van der Waals surface area contributed by atoms with Crippen molar-refractivity contribution in [2.24, 2.45) is 0 Å². The number of amides is 1. The maximum Gasteiger partial charge on any atom is 0.253 e. The molecule has 3 aromatic rings. The van der Waals surface area contributed by atoms with Crippen LogP contribution in [0.25, 0.3) is 0 Å². The summed E-state index contributed by atoms with van der Waals surface area (Å²) in [5.74, 6) is 3.56. The Morgan fingerprint density at radius 2 is 1.71 bits per heavy atom. The van der Waals surface area contributed by atoms with Crippen LogP contribution >= 0.6 is 0 Å². The molecule has 0 aromatic heterocycles. The van der Waals surface area contributed by atoms with Gasteiger partial charge in [0.15, 0.2) is 17.6 Å². The van der Waals surface area contributed by atoms with Crippen LogP contribution in [-0.2, 0) is 29.0 Å². The summed E-state index contributed by atoms with van der Waals surface area (Å²) in [5, 5.41) is 2.96. The third kappa shape index (κ3) is 7.13. The van der Waals surface area contributed by atoms with E-state index in [2.05, 4.69) is 18.2 Å². The Kier molecular flexibility index (Phi) is 9.57. The van der Waals surface area contributed by atoms with E-state index in [0.29, 0.717) is 31.1 Å². The van der Waals surface area contributed by atoms with E-state index in [9.17, 15) is 4.79 Å². The predicted molar refractivity (Wildman–Crippen MR) is 134 cm³/mol. The van der Waals surface area contributed by atoms with Crippen LogP contribution in [0.2, 0.25) is 0 Å². The standard InChI is InChI=1S/C29H31NO4/c1-4-19-33-28(25-14-11-22(5-2)12-15-25)29(31)30-18-17-23-13-16-26(27(20-23)32-3)34-21-24-9-7-6-8-10-24/h1,6-16,20,28H,5,17-19,21H2,2-3H3,(H,30,31). The highest BCUT2D eigenvalue weighted by Crippen LogP contribution is 2.29. The Labute approximate surface area is 202 Å². The monoisotopic (exact) mass is 457 g/mol. The molecular weight excluding hydrogens is 426 g/mol.